The van der Waals surface area contributed by atoms with Crippen molar-refractivity contribution in [2.75, 3.05) is 31.7 Å². The first kappa shape index (κ1) is 32.7. The van der Waals surface area contributed by atoms with Gasteiger partial charge in [0.05, 0.1) is 53.4 Å². The summed E-state index contributed by atoms with van der Waals surface area (Å²) in [6, 6.07) is 17.9. The van der Waals surface area contributed by atoms with E-state index in [4.69, 9.17) is 37.4 Å². The van der Waals surface area contributed by atoms with E-state index in [1.54, 1.807) is 30.3 Å². The van der Waals surface area contributed by atoms with Gasteiger partial charge < -0.3 is 18.8 Å². The lowest BCUT2D eigenvalue weighted by molar-refractivity contribution is -0.119. The number of ether oxygens (including phenoxy) is 3. The van der Waals surface area contributed by atoms with E-state index in [1.807, 2.05) is 43.5 Å². The summed E-state index contributed by atoms with van der Waals surface area (Å²) in [6.45, 7) is 5.53. The molecule has 44 heavy (non-hydrogen) atoms. The van der Waals surface area contributed by atoms with Crippen molar-refractivity contribution in [1.82, 2.24) is 9.99 Å². The number of hydrazone groups is 1. The van der Waals surface area contributed by atoms with Crippen LogP contribution in [0.1, 0.15) is 23.9 Å². The molecule has 1 aromatic heterocycles. The van der Waals surface area contributed by atoms with E-state index in [2.05, 4.69) is 10.5 Å². The van der Waals surface area contributed by atoms with Crippen LogP contribution in [0.25, 0.3) is 5.69 Å². The number of hydrogen-bond acceptors (Lipinski definition) is 7. The zero-order valence-corrected chi connectivity index (χ0v) is 27.1. The Morgan fingerprint density at radius 2 is 1.70 bits per heavy atom. The highest BCUT2D eigenvalue weighted by Gasteiger charge is 2.28. The maximum atomic E-state index is 13.9. The molecule has 1 N–H and O–H groups in total. The second-order valence-electron chi connectivity index (χ2n) is 9.48. The quantitative estimate of drug-likeness (QED) is 0.144. The van der Waals surface area contributed by atoms with E-state index < -0.39 is 22.5 Å². The molecule has 0 saturated carbocycles. The molecular weight excluding hydrogens is 627 g/mol. The predicted octanol–water partition coefficient (Wildman–Crippen LogP) is 6.16. The topological polar surface area (TPSA) is 111 Å². The first-order chi connectivity index (χ1) is 21.0. The van der Waals surface area contributed by atoms with Gasteiger partial charge in [0.15, 0.2) is 11.5 Å². The van der Waals surface area contributed by atoms with Gasteiger partial charge in [0.25, 0.3) is 15.9 Å². The number of nitrogens with one attached hydrogen (secondary N) is 1. The lowest BCUT2D eigenvalue weighted by Crippen LogP contribution is -2.39. The fourth-order valence-corrected chi connectivity index (χ4v) is 6.41. The van der Waals surface area contributed by atoms with Crippen LogP contribution in [-0.4, -0.2) is 52.5 Å². The Hall–Kier alpha value is -4.19. The SMILES string of the molecule is CCOc1ccc(N(CC(=O)N/N=C\c2cc(C)n(-c3cccc(Cl)c3Cl)c2C)S(=O)(=O)c2ccc(OC)c(OC)c2)cc1. The lowest BCUT2D eigenvalue weighted by atomic mass is 10.2. The Kier molecular flexibility index (Phi) is 10.5. The third-order valence-corrected chi connectivity index (χ3v) is 9.28. The van der Waals surface area contributed by atoms with Crippen molar-refractivity contribution < 1.29 is 27.4 Å². The molecule has 0 fully saturated rings. The van der Waals surface area contributed by atoms with Crippen molar-refractivity contribution >= 4 is 51.0 Å². The normalized spacial score (nSPS) is 11.4. The van der Waals surface area contributed by atoms with Crippen LogP contribution in [0.5, 0.6) is 17.2 Å². The molecule has 0 atom stereocenters. The van der Waals surface area contributed by atoms with Crippen molar-refractivity contribution in [3.63, 3.8) is 0 Å². The van der Waals surface area contributed by atoms with Gasteiger partial charge >= 0.3 is 0 Å². The first-order valence-electron chi connectivity index (χ1n) is 13.4. The van der Waals surface area contributed by atoms with Gasteiger partial charge in [-0.1, -0.05) is 29.3 Å². The molecule has 0 radical (unpaired) electrons. The Morgan fingerprint density at radius 3 is 2.36 bits per heavy atom. The number of halogens is 2. The van der Waals surface area contributed by atoms with E-state index in [1.165, 1.54) is 38.6 Å². The molecule has 1 amide bonds. The van der Waals surface area contributed by atoms with Crippen LogP contribution in [0, 0.1) is 13.8 Å². The molecule has 4 rings (SSSR count). The second kappa shape index (κ2) is 14.1. The third-order valence-electron chi connectivity index (χ3n) is 6.70. The van der Waals surface area contributed by atoms with Gasteiger partial charge in [-0.15, -0.1) is 0 Å². The zero-order chi connectivity index (χ0) is 32.0. The molecule has 10 nitrogen and oxygen atoms in total. The fraction of sp³-hybridized carbons (Fsp3) is 0.226. The summed E-state index contributed by atoms with van der Waals surface area (Å²) in [7, 11) is -1.38. The summed E-state index contributed by atoms with van der Waals surface area (Å²) in [5.41, 5.74) is 5.82. The molecular formula is C31H32Cl2N4O6S. The van der Waals surface area contributed by atoms with Gasteiger partial charge in [0.2, 0.25) is 0 Å². The highest BCUT2D eigenvalue weighted by atomic mass is 35.5. The number of carbonyl (C=O) groups excluding carboxylic acids is 1. The molecule has 0 spiro atoms. The standard InChI is InChI=1S/C31H32Cl2N4O6S/c1-6-43-24-12-10-23(11-13-24)36(44(39,40)25-14-15-28(41-4)29(17-25)42-5)19-30(38)35-34-18-22-16-20(2)37(21(22)3)27-9-7-8-26(32)31(27)33/h7-18H,6,19H2,1-5H3,(H,35,38)/b34-18-. The Morgan fingerprint density at radius 1 is 1.00 bits per heavy atom. The fourth-order valence-electron chi connectivity index (χ4n) is 4.59. The van der Waals surface area contributed by atoms with Crippen LogP contribution in [-0.2, 0) is 14.8 Å². The molecule has 0 bridgehead atoms. The largest absolute Gasteiger partial charge is 0.494 e. The summed E-state index contributed by atoms with van der Waals surface area (Å²) in [5.74, 6) is 0.491. The molecule has 4 aromatic rings. The Bertz CT molecular complexity index is 1790. The number of carbonyl (C=O) groups is 1. The van der Waals surface area contributed by atoms with Crippen LogP contribution in [0.3, 0.4) is 0 Å². The molecule has 0 unspecified atom stereocenters. The average molecular weight is 660 g/mol. The number of aromatic nitrogens is 1. The smallest absolute Gasteiger partial charge is 0.264 e. The molecule has 0 aliphatic heterocycles. The van der Waals surface area contributed by atoms with E-state index in [-0.39, 0.29) is 16.3 Å². The summed E-state index contributed by atoms with van der Waals surface area (Å²) in [5, 5.41) is 4.95. The van der Waals surface area contributed by atoms with Gasteiger partial charge in [0.1, 0.15) is 12.3 Å². The van der Waals surface area contributed by atoms with Crippen molar-refractivity contribution in [1.29, 1.82) is 0 Å². The number of amides is 1. The summed E-state index contributed by atoms with van der Waals surface area (Å²) < 4.78 is 46.7. The van der Waals surface area contributed by atoms with Crippen LogP contribution in [0.15, 0.2) is 76.7 Å². The van der Waals surface area contributed by atoms with E-state index in [0.29, 0.717) is 33.8 Å². The molecule has 13 heteroatoms. The van der Waals surface area contributed by atoms with Gasteiger partial charge in [-0.05, 0) is 75.4 Å². The summed E-state index contributed by atoms with van der Waals surface area (Å²) in [6.07, 6.45) is 1.49. The summed E-state index contributed by atoms with van der Waals surface area (Å²) >= 11 is 12.7. The number of rotatable bonds is 12. The number of methoxy groups -OCH3 is 2. The number of anilines is 1. The van der Waals surface area contributed by atoms with Crippen LogP contribution in [0.2, 0.25) is 10.0 Å². The maximum Gasteiger partial charge on any atom is 0.264 e. The van der Waals surface area contributed by atoms with Crippen molar-refractivity contribution in [3.05, 3.63) is 93.7 Å². The number of sulfonamides is 1. The average Bonchev–Trinajstić information content (AvgIpc) is 3.29. The van der Waals surface area contributed by atoms with E-state index in [9.17, 15) is 13.2 Å². The lowest BCUT2D eigenvalue weighted by Gasteiger charge is -2.24. The minimum Gasteiger partial charge on any atom is -0.494 e. The first-order valence-corrected chi connectivity index (χ1v) is 15.6. The number of benzene rings is 3. The number of nitrogens with zero attached hydrogens (tertiary/aromatic N) is 3. The molecule has 3 aromatic carbocycles. The van der Waals surface area contributed by atoms with Crippen LogP contribution in [0.4, 0.5) is 5.69 Å². The zero-order valence-electron chi connectivity index (χ0n) is 24.8. The third kappa shape index (κ3) is 6.96. The molecule has 0 aliphatic carbocycles. The van der Waals surface area contributed by atoms with Gasteiger partial charge in [-0.25, -0.2) is 13.8 Å². The van der Waals surface area contributed by atoms with Crippen molar-refractivity contribution in [2.24, 2.45) is 5.10 Å². The van der Waals surface area contributed by atoms with Gasteiger partial charge in [-0.3, -0.25) is 9.10 Å². The Labute approximate surface area is 266 Å². The van der Waals surface area contributed by atoms with E-state index >= 15 is 0 Å². The van der Waals surface area contributed by atoms with Gasteiger partial charge in [-0.2, -0.15) is 5.10 Å². The Balaban J connectivity index is 1.60. The molecule has 232 valence electrons. The van der Waals surface area contributed by atoms with E-state index in [0.717, 1.165) is 21.3 Å². The maximum absolute atomic E-state index is 13.9. The molecule has 1 heterocycles. The van der Waals surface area contributed by atoms with Crippen LogP contribution < -0.4 is 23.9 Å². The number of hydrogen-bond donors (Lipinski definition) is 1. The van der Waals surface area contributed by atoms with Crippen molar-refractivity contribution in [3.8, 4) is 22.9 Å². The monoisotopic (exact) mass is 658 g/mol. The minimum atomic E-state index is -4.24. The van der Waals surface area contributed by atoms with Crippen LogP contribution >= 0.6 is 23.2 Å². The van der Waals surface area contributed by atoms with Gasteiger partial charge in [0, 0.05) is 23.0 Å². The minimum absolute atomic E-state index is 0.0903. The molecule has 0 saturated heterocycles. The molecule has 0 aliphatic rings. The summed E-state index contributed by atoms with van der Waals surface area (Å²) in [4.78, 5) is 13.0. The highest BCUT2D eigenvalue weighted by molar-refractivity contribution is 7.92. The van der Waals surface area contributed by atoms with Crippen molar-refractivity contribution in [2.45, 2.75) is 25.7 Å². The number of aryl methyl sites for hydroxylation is 1. The highest BCUT2D eigenvalue weighted by Crippen LogP contribution is 2.33. The second-order valence-corrected chi connectivity index (χ2v) is 12.1. The predicted molar refractivity (Wildman–Crippen MR) is 173 cm³/mol.